The van der Waals surface area contributed by atoms with E-state index in [4.69, 9.17) is 5.11 Å². The first-order valence-corrected chi connectivity index (χ1v) is 7.06. The zero-order chi connectivity index (χ0) is 15.6. The number of thiazole rings is 1. The summed E-state index contributed by atoms with van der Waals surface area (Å²) in [6.07, 6.45) is 2.27. The van der Waals surface area contributed by atoms with Crippen LogP contribution in [0.1, 0.15) is 21.7 Å². The number of benzene rings is 1. The molecule has 0 unspecified atom stereocenters. The fraction of sp³-hybridized carbons (Fsp3) is 0.200. The molecular formula is C15H14FNO3S. The Kier molecular flexibility index (Phi) is 4.37. The van der Waals surface area contributed by atoms with Gasteiger partial charge in [0.05, 0.1) is 6.54 Å². The summed E-state index contributed by atoms with van der Waals surface area (Å²) in [5, 5.41) is 8.54. The second kappa shape index (κ2) is 6.05. The maximum Gasteiger partial charge on any atom is 0.328 e. The number of carboxylic acid groups (broad SMARTS) is 1. The van der Waals surface area contributed by atoms with Crippen molar-refractivity contribution < 1.29 is 14.3 Å². The SMILES string of the molecule is Cc1sc(=O)n(Cc2ccc(C=CC(=O)O)cc2F)c1C. The largest absolute Gasteiger partial charge is 0.478 e. The number of aliphatic carboxylic acids is 1. The van der Waals surface area contributed by atoms with E-state index in [9.17, 15) is 14.0 Å². The topological polar surface area (TPSA) is 59.3 Å². The van der Waals surface area contributed by atoms with Crippen molar-refractivity contribution in [1.29, 1.82) is 0 Å². The predicted octanol–water partition coefficient (Wildman–Crippen LogP) is 2.81. The molecule has 0 aliphatic rings. The van der Waals surface area contributed by atoms with Gasteiger partial charge in [0.25, 0.3) is 0 Å². The molecule has 0 aliphatic carbocycles. The van der Waals surface area contributed by atoms with E-state index in [1.54, 1.807) is 12.1 Å². The number of rotatable bonds is 4. The number of carboxylic acids is 1. The quantitative estimate of drug-likeness (QED) is 0.884. The zero-order valence-corrected chi connectivity index (χ0v) is 12.4. The van der Waals surface area contributed by atoms with Gasteiger partial charge in [-0.05, 0) is 31.6 Å². The summed E-state index contributed by atoms with van der Waals surface area (Å²) in [5.41, 5.74) is 1.69. The Bertz CT molecular complexity index is 774. The molecule has 1 aromatic carbocycles. The Morgan fingerprint density at radius 1 is 1.43 bits per heavy atom. The third-order valence-corrected chi connectivity index (χ3v) is 4.20. The molecule has 2 rings (SSSR count). The minimum absolute atomic E-state index is 0.112. The van der Waals surface area contributed by atoms with E-state index in [0.29, 0.717) is 11.1 Å². The number of hydrogen-bond donors (Lipinski definition) is 1. The van der Waals surface area contributed by atoms with Crippen molar-refractivity contribution in [2.24, 2.45) is 0 Å². The molecule has 110 valence electrons. The summed E-state index contributed by atoms with van der Waals surface area (Å²) >= 11 is 1.14. The van der Waals surface area contributed by atoms with Gasteiger partial charge < -0.3 is 5.11 Å². The Morgan fingerprint density at radius 3 is 2.67 bits per heavy atom. The average molecular weight is 307 g/mol. The molecule has 0 bridgehead atoms. The van der Waals surface area contributed by atoms with Crippen molar-refractivity contribution >= 4 is 23.4 Å². The molecule has 1 aromatic heterocycles. The lowest BCUT2D eigenvalue weighted by atomic mass is 10.1. The highest BCUT2D eigenvalue weighted by molar-refractivity contribution is 7.09. The third-order valence-electron chi connectivity index (χ3n) is 3.20. The first kappa shape index (κ1) is 15.2. The van der Waals surface area contributed by atoms with Crippen LogP contribution in [0.2, 0.25) is 0 Å². The fourth-order valence-corrected chi connectivity index (χ4v) is 2.73. The van der Waals surface area contributed by atoms with Crippen LogP contribution in [0.25, 0.3) is 6.08 Å². The average Bonchev–Trinajstić information content (AvgIpc) is 2.65. The van der Waals surface area contributed by atoms with Crippen molar-refractivity contribution in [2.45, 2.75) is 20.4 Å². The van der Waals surface area contributed by atoms with E-state index < -0.39 is 11.8 Å². The highest BCUT2D eigenvalue weighted by Crippen LogP contribution is 2.16. The molecule has 6 heteroatoms. The second-order valence-corrected chi connectivity index (χ2v) is 5.78. The van der Waals surface area contributed by atoms with E-state index in [-0.39, 0.29) is 11.4 Å². The summed E-state index contributed by atoms with van der Waals surface area (Å²) in [6, 6.07) is 4.45. The summed E-state index contributed by atoms with van der Waals surface area (Å²) in [7, 11) is 0. The van der Waals surface area contributed by atoms with Crippen LogP contribution in [-0.4, -0.2) is 15.6 Å². The van der Waals surface area contributed by atoms with E-state index in [1.165, 1.54) is 16.7 Å². The van der Waals surface area contributed by atoms with E-state index in [0.717, 1.165) is 28.0 Å². The predicted molar refractivity (Wildman–Crippen MR) is 80.2 cm³/mol. The number of nitrogens with zero attached hydrogens (tertiary/aromatic N) is 1. The van der Waals surface area contributed by atoms with Gasteiger partial charge in [-0.2, -0.15) is 0 Å². The molecule has 0 saturated carbocycles. The van der Waals surface area contributed by atoms with E-state index in [1.807, 2.05) is 13.8 Å². The summed E-state index contributed by atoms with van der Waals surface area (Å²) < 4.78 is 15.6. The Hall–Kier alpha value is -2.21. The van der Waals surface area contributed by atoms with Gasteiger partial charge in [0.2, 0.25) is 0 Å². The molecule has 2 aromatic rings. The molecule has 21 heavy (non-hydrogen) atoms. The molecule has 0 atom stereocenters. The molecule has 0 fully saturated rings. The van der Waals surface area contributed by atoms with Crippen molar-refractivity contribution in [3.63, 3.8) is 0 Å². The van der Waals surface area contributed by atoms with Gasteiger partial charge in [-0.1, -0.05) is 23.5 Å². The maximum atomic E-state index is 14.0. The normalized spacial score (nSPS) is 11.2. The molecule has 0 aliphatic heterocycles. The molecule has 0 saturated heterocycles. The Morgan fingerprint density at radius 2 is 2.14 bits per heavy atom. The van der Waals surface area contributed by atoms with Gasteiger partial charge in [0.1, 0.15) is 5.82 Å². The summed E-state index contributed by atoms with van der Waals surface area (Å²) in [4.78, 5) is 23.0. The minimum atomic E-state index is -1.09. The minimum Gasteiger partial charge on any atom is -0.478 e. The number of halogens is 1. The highest BCUT2D eigenvalue weighted by atomic mass is 32.1. The maximum absolute atomic E-state index is 14.0. The molecule has 1 heterocycles. The van der Waals surface area contributed by atoms with Crippen LogP contribution in [0, 0.1) is 19.7 Å². The van der Waals surface area contributed by atoms with E-state index >= 15 is 0 Å². The summed E-state index contributed by atoms with van der Waals surface area (Å²) in [5.74, 6) is -1.55. The zero-order valence-electron chi connectivity index (χ0n) is 11.6. The molecular weight excluding hydrogens is 293 g/mol. The molecule has 0 radical (unpaired) electrons. The van der Waals surface area contributed by atoms with Gasteiger partial charge in [0.15, 0.2) is 0 Å². The Labute approximate surface area is 124 Å². The second-order valence-electron chi connectivity index (χ2n) is 4.62. The van der Waals surface area contributed by atoms with Crippen LogP contribution >= 0.6 is 11.3 Å². The van der Waals surface area contributed by atoms with Crippen LogP contribution < -0.4 is 4.87 Å². The van der Waals surface area contributed by atoms with Crippen molar-refractivity contribution in [2.75, 3.05) is 0 Å². The van der Waals surface area contributed by atoms with Gasteiger partial charge in [-0.3, -0.25) is 9.36 Å². The van der Waals surface area contributed by atoms with Gasteiger partial charge in [-0.15, -0.1) is 0 Å². The van der Waals surface area contributed by atoms with Crippen LogP contribution in [0.4, 0.5) is 4.39 Å². The number of hydrogen-bond acceptors (Lipinski definition) is 3. The number of carbonyl (C=O) groups is 1. The third kappa shape index (κ3) is 3.46. The molecule has 4 nitrogen and oxygen atoms in total. The molecule has 0 spiro atoms. The lowest BCUT2D eigenvalue weighted by Gasteiger charge is -2.07. The first-order valence-electron chi connectivity index (χ1n) is 6.24. The number of aryl methyl sites for hydroxylation is 1. The molecule has 0 amide bonds. The molecule has 1 N–H and O–H groups in total. The van der Waals surface area contributed by atoms with Gasteiger partial charge in [-0.25, -0.2) is 9.18 Å². The van der Waals surface area contributed by atoms with Crippen LogP contribution in [0.5, 0.6) is 0 Å². The Balaban J connectivity index is 2.30. The van der Waals surface area contributed by atoms with Gasteiger partial charge >= 0.3 is 10.8 Å². The van der Waals surface area contributed by atoms with Crippen molar-refractivity contribution in [1.82, 2.24) is 4.57 Å². The van der Waals surface area contributed by atoms with Gasteiger partial charge in [0, 0.05) is 22.2 Å². The smallest absolute Gasteiger partial charge is 0.328 e. The van der Waals surface area contributed by atoms with Crippen LogP contribution in [0.15, 0.2) is 29.1 Å². The first-order chi connectivity index (χ1) is 9.88. The van der Waals surface area contributed by atoms with Crippen LogP contribution in [0.3, 0.4) is 0 Å². The summed E-state index contributed by atoms with van der Waals surface area (Å²) in [6.45, 7) is 3.85. The van der Waals surface area contributed by atoms with Crippen molar-refractivity contribution in [3.8, 4) is 0 Å². The number of aromatic nitrogens is 1. The lowest BCUT2D eigenvalue weighted by molar-refractivity contribution is -0.131. The monoisotopic (exact) mass is 307 g/mol. The van der Waals surface area contributed by atoms with E-state index in [2.05, 4.69) is 0 Å². The fourth-order valence-electron chi connectivity index (χ4n) is 1.90. The standard InChI is InChI=1S/C15H14FNO3S/c1-9-10(2)21-15(20)17(9)8-12-5-3-11(7-13(12)16)4-6-14(18)19/h3-7H,8H2,1-2H3,(H,18,19). The lowest BCUT2D eigenvalue weighted by Crippen LogP contribution is -2.16. The van der Waals surface area contributed by atoms with Crippen LogP contribution in [-0.2, 0) is 11.3 Å². The van der Waals surface area contributed by atoms with Crippen molar-refractivity contribution in [3.05, 3.63) is 61.5 Å². The highest BCUT2D eigenvalue weighted by Gasteiger charge is 2.10.